The van der Waals surface area contributed by atoms with E-state index in [0.717, 1.165) is 0 Å². The molecule has 2 rings (SSSR count). The van der Waals surface area contributed by atoms with Crippen LogP contribution in [0.3, 0.4) is 0 Å². The monoisotopic (exact) mass is 293 g/mol. The summed E-state index contributed by atoms with van der Waals surface area (Å²) in [4.78, 5) is 30.8. The van der Waals surface area contributed by atoms with Gasteiger partial charge in [0.25, 0.3) is 5.91 Å². The molecule has 0 spiro atoms. The molecule has 1 aliphatic heterocycles. The summed E-state index contributed by atoms with van der Waals surface area (Å²) in [6.07, 6.45) is 1.58. The van der Waals surface area contributed by atoms with Crippen LogP contribution in [-0.2, 0) is 9.53 Å². The smallest absolute Gasteiger partial charge is 0.305 e. The first-order valence-electron chi connectivity index (χ1n) is 6.84. The molecular weight excluding hydrogens is 274 g/mol. The average molecular weight is 293 g/mol. The summed E-state index contributed by atoms with van der Waals surface area (Å²) in [7, 11) is 1.60. The maximum absolute atomic E-state index is 12.5. The Hall–Kier alpha value is -2.15. The molecule has 0 bridgehead atoms. The number of amides is 1. The number of anilines is 1. The molecule has 1 aliphatic rings. The SMILES string of the molecule is CN(CCC(=O)O)C(=O)c1cccnc1N1CCOCC1. The fourth-order valence-electron chi connectivity index (χ4n) is 2.16. The minimum absolute atomic E-state index is 0.0740. The van der Waals surface area contributed by atoms with Gasteiger partial charge < -0.3 is 19.6 Å². The Morgan fingerprint density at radius 3 is 2.81 bits per heavy atom. The standard InChI is InChI=1S/C14H19N3O4/c1-16(6-4-12(18)19)14(20)11-3-2-5-15-13(11)17-7-9-21-10-8-17/h2-3,5H,4,6-10H2,1H3,(H,18,19). The Morgan fingerprint density at radius 1 is 1.43 bits per heavy atom. The number of carbonyl (C=O) groups is 2. The predicted molar refractivity (Wildman–Crippen MR) is 76.5 cm³/mol. The molecule has 1 amide bonds. The van der Waals surface area contributed by atoms with Gasteiger partial charge in [-0.25, -0.2) is 4.98 Å². The summed E-state index contributed by atoms with van der Waals surface area (Å²) in [5.41, 5.74) is 0.493. The van der Waals surface area contributed by atoms with Gasteiger partial charge >= 0.3 is 5.97 Å². The van der Waals surface area contributed by atoms with E-state index in [4.69, 9.17) is 9.84 Å². The molecule has 0 atom stereocenters. The van der Waals surface area contributed by atoms with Crippen LogP contribution in [0.15, 0.2) is 18.3 Å². The van der Waals surface area contributed by atoms with Crippen molar-refractivity contribution < 1.29 is 19.4 Å². The maximum atomic E-state index is 12.5. The van der Waals surface area contributed by atoms with Gasteiger partial charge in [0.05, 0.1) is 25.2 Å². The molecule has 0 saturated carbocycles. The Kier molecular flexibility index (Phi) is 5.10. The molecule has 2 heterocycles. The summed E-state index contributed by atoms with van der Waals surface area (Å²) in [5.74, 6) is -0.506. The van der Waals surface area contributed by atoms with E-state index in [0.29, 0.717) is 37.7 Å². The van der Waals surface area contributed by atoms with E-state index < -0.39 is 5.97 Å². The number of hydrogen-bond donors (Lipinski definition) is 1. The van der Waals surface area contributed by atoms with Crippen molar-refractivity contribution in [1.82, 2.24) is 9.88 Å². The molecule has 0 aliphatic carbocycles. The van der Waals surface area contributed by atoms with E-state index in [1.807, 2.05) is 4.90 Å². The van der Waals surface area contributed by atoms with E-state index >= 15 is 0 Å². The van der Waals surface area contributed by atoms with Crippen LogP contribution in [0.2, 0.25) is 0 Å². The molecule has 1 saturated heterocycles. The third-order valence-corrected chi connectivity index (χ3v) is 3.34. The molecule has 0 radical (unpaired) electrons. The molecule has 1 aromatic heterocycles. The first-order chi connectivity index (χ1) is 10.1. The van der Waals surface area contributed by atoms with Crippen LogP contribution in [-0.4, -0.2) is 66.8 Å². The highest BCUT2D eigenvalue weighted by Gasteiger charge is 2.22. The van der Waals surface area contributed by atoms with Crippen molar-refractivity contribution in [2.24, 2.45) is 0 Å². The largest absolute Gasteiger partial charge is 0.481 e. The number of aromatic nitrogens is 1. The number of carboxylic acid groups (broad SMARTS) is 1. The fraction of sp³-hybridized carbons (Fsp3) is 0.500. The third-order valence-electron chi connectivity index (χ3n) is 3.34. The molecule has 1 aromatic rings. The number of aliphatic carboxylic acids is 1. The first kappa shape index (κ1) is 15.2. The number of ether oxygens (including phenoxy) is 1. The van der Waals surface area contributed by atoms with Crippen molar-refractivity contribution in [3.63, 3.8) is 0 Å². The summed E-state index contributed by atoms with van der Waals surface area (Å²) in [6.45, 7) is 2.77. The number of rotatable bonds is 5. The lowest BCUT2D eigenvalue weighted by Crippen LogP contribution is -2.39. The molecule has 21 heavy (non-hydrogen) atoms. The van der Waals surface area contributed by atoms with E-state index in [1.165, 1.54) is 4.90 Å². The Morgan fingerprint density at radius 2 is 2.14 bits per heavy atom. The first-order valence-corrected chi connectivity index (χ1v) is 6.84. The summed E-state index contributed by atoms with van der Waals surface area (Å²) in [6, 6.07) is 3.43. The zero-order valence-electron chi connectivity index (χ0n) is 12.0. The zero-order valence-corrected chi connectivity index (χ0v) is 12.0. The lowest BCUT2D eigenvalue weighted by atomic mass is 10.2. The number of nitrogens with zero attached hydrogens (tertiary/aromatic N) is 3. The Balaban J connectivity index is 2.14. The Bertz CT molecular complexity index is 515. The molecular formula is C14H19N3O4. The summed E-state index contributed by atoms with van der Waals surface area (Å²) >= 11 is 0. The van der Waals surface area contributed by atoms with E-state index in [-0.39, 0.29) is 18.9 Å². The number of hydrogen-bond acceptors (Lipinski definition) is 5. The number of morpholine rings is 1. The quantitative estimate of drug-likeness (QED) is 0.849. The molecule has 7 heteroatoms. The van der Waals surface area contributed by atoms with Crippen LogP contribution < -0.4 is 4.90 Å². The second kappa shape index (κ2) is 7.03. The molecule has 7 nitrogen and oxygen atoms in total. The molecule has 1 N–H and O–H groups in total. The van der Waals surface area contributed by atoms with Crippen molar-refractivity contribution >= 4 is 17.7 Å². The molecule has 0 unspecified atom stereocenters. The van der Waals surface area contributed by atoms with Gasteiger partial charge in [-0.15, -0.1) is 0 Å². The van der Waals surface area contributed by atoms with Crippen LogP contribution in [0.4, 0.5) is 5.82 Å². The topological polar surface area (TPSA) is 83.0 Å². The van der Waals surface area contributed by atoms with Gasteiger partial charge in [0.15, 0.2) is 0 Å². The number of carboxylic acids is 1. The number of carbonyl (C=O) groups excluding carboxylic acids is 1. The second-order valence-corrected chi connectivity index (χ2v) is 4.84. The van der Waals surface area contributed by atoms with Crippen molar-refractivity contribution in [2.45, 2.75) is 6.42 Å². The fourth-order valence-corrected chi connectivity index (χ4v) is 2.16. The molecule has 114 valence electrons. The predicted octanol–water partition coefficient (Wildman–Crippen LogP) is 0.465. The second-order valence-electron chi connectivity index (χ2n) is 4.84. The summed E-state index contributed by atoms with van der Waals surface area (Å²) in [5, 5.41) is 8.70. The highest BCUT2D eigenvalue weighted by atomic mass is 16.5. The van der Waals surface area contributed by atoms with Gasteiger partial charge in [-0.3, -0.25) is 9.59 Å². The maximum Gasteiger partial charge on any atom is 0.305 e. The lowest BCUT2D eigenvalue weighted by molar-refractivity contribution is -0.137. The highest BCUT2D eigenvalue weighted by molar-refractivity contribution is 5.98. The van der Waals surface area contributed by atoms with Crippen LogP contribution in [0.25, 0.3) is 0 Å². The van der Waals surface area contributed by atoms with Crippen molar-refractivity contribution in [2.75, 3.05) is 44.8 Å². The van der Waals surface area contributed by atoms with Crippen LogP contribution in [0.1, 0.15) is 16.8 Å². The molecule has 0 aromatic carbocycles. The summed E-state index contributed by atoms with van der Waals surface area (Å²) < 4.78 is 5.30. The van der Waals surface area contributed by atoms with E-state index in [1.54, 1.807) is 25.4 Å². The van der Waals surface area contributed by atoms with Crippen molar-refractivity contribution in [3.05, 3.63) is 23.9 Å². The minimum Gasteiger partial charge on any atom is -0.481 e. The van der Waals surface area contributed by atoms with Crippen LogP contribution in [0.5, 0.6) is 0 Å². The molecule has 1 fully saturated rings. The van der Waals surface area contributed by atoms with Gasteiger partial charge in [-0.2, -0.15) is 0 Å². The normalized spacial score (nSPS) is 14.8. The van der Waals surface area contributed by atoms with Gasteiger partial charge in [-0.1, -0.05) is 0 Å². The van der Waals surface area contributed by atoms with Crippen LogP contribution in [0, 0.1) is 0 Å². The number of pyridine rings is 1. The van der Waals surface area contributed by atoms with E-state index in [9.17, 15) is 9.59 Å². The van der Waals surface area contributed by atoms with Gasteiger partial charge in [0.2, 0.25) is 0 Å². The Labute approximate surface area is 123 Å². The van der Waals surface area contributed by atoms with Crippen LogP contribution >= 0.6 is 0 Å². The van der Waals surface area contributed by atoms with Crippen molar-refractivity contribution in [3.8, 4) is 0 Å². The third kappa shape index (κ3) is 3.91. The zero-order chi connectivity index (χ0) is 15.2. The minimum atomic E-state index is -0.922. The van der Waals surface area contributed by atoms with Gasteiger partial charge in [-0.05, 0) is 12.1 Å². The average Bonchev–Trinajstić information content (AvgIpc) is 2.52. The van der Waals surface area contributed by atoms with Gasteiger partial charge in [0, 0.05) is 32.9 Å². The van der Waals surface area contributed by atoms with E-state index in [2.05, 4.69) is 4.98 Å². The van der Waals surface area contributed by atoms with Crippen molar-refractivity contribution in [1.29, 1.82) is 0 Å². The lowest BCUT2D eigenvalue weighted by Gasteiger charge is -2.29. The van der Waals surface area contributed by atoms with Gasteiger partial charge in [0.1, 0.15) is 5.82 Å². The highest BCUT2D eigenvalue weighted by Crippen LogP contribution is 2.19.